The van der Waals surface area contributed by atoms with Crippen molar-refractivity contribution in [2.75, 3.05) is 19.6 Å². The molecule has 0 radical (unpaired) electrons. The average molecular weight is 300 g/mol. The maximum Gasteiger partial charge on any atom is 0.0845 e. The van der Waals surface area contributed by atoms with E-state index in [0.29, 0.717) is 6.54 Å². The summed E-state index contributed by atoms with van der Waals surface area (Å²) in [6.07, 6.45) is 4.93. The molecule has 1 N–H and O–H groups in total. The predicted molar refractivity (Wildman–Crippen MR) is 92.3 cm³/mol. The van der Waals surface area contributed by atoms with Gasteiger partial charge in [-0.15, -0.1) is 0 Å². The number of aryl methyl sites for hydroxylation is 1. The van der Waals surface area contributed by atoms with E-state index >= 15 is 0 Å². The van der Waals surface area contributed by atoms with Gasteiger partial charge in [0.05, 0.1) is 12.6 Å². The Morgan fingerprint density at radius 2 is 1.68 bits per heavy atom. The second-order valence-corrected chi connectivity index (χ2v) is 6.71. The van der Waals surface area contributed by atoms with Crippen LogP contribution >= 0.6 is 0 Å². The molecule has 3 nitrogen and oxygen atoms in total. The first-order valence-corrected chi connectivity index (χ1v) is 8.61. The highest BCUT2D eigenvalue weighted by Crippen LogP contribution is 2.25. The van der Waals surface area contributed by atoms with Crippen LogP contribution in [0, 0.1) is 13.8 Å². The lowest BCUT2D eigenvalue weighted by Crippen LogP contribution is -2.35. The molecule has 2 heterocycles. The molecule has 1 aliphatic heterocycles. The van der Waals surface area contributed by atoms with Gasteiger partial charge in [0, 0.05) is 23.1 Å². The van der Waals surface area contributed by atoms with Crippen LogP contribution in [-0.2, 0) is 6.54 Å². The number of nitrogens with zero attached hydrogens (tertiary/aromatic N) is 2. The van der Waals surface area contributed by atoms with Crippen molar-refractivity contribution in [1.82, 2.24) is 9.47 Å². The summed E-state index contributed by atoms with van der Waals surface area (Å²) in [5.41, 5.74) is 3.85. The van der Waals surface area contributed by atoms with E-state index in [-0.39, 0.29) is 6.10 Å². The molecule has 0 aliphatic carbocycles. The van der Waals surface area contributed by atoms with Gasteiger partial charge in [-0.1, -0.05) is 31.0 Å². The van der Waals surface area contributed by atoms with E-state index in [0.717, 1.165) is 19.6 Å². The number of benzene rings is 1. The van der Waals surface area contributed by atoms with Crippen molar-refractivity contribution in [3.8, 4) is 0 Å². The molecule has 0 spiro atoms. The second kappa shape index (κ2) is 6.84. The Morgan fingerprint density at radius 1 is 1.00 bits per heavy atom. The number of fused-ring (bicyclic) bond motifs is 1. The molecule has 0 unspecified atom stereocenters. The van der Waals surface area contributed by atoms with Gasteiger partial charge in [-0.2, -0.15) is 0 Å². The van der Waals surface area contributed by atoms with Crippen molar-refractivity contribution in [3.63, 3.8) is 0 Å². The SMILES string of the molecule is Cc1c(C)n(C[C@@H](O)CN2CCCCCC2)c2ccccc12. The molecule has 3 heteroatoms. The lowest BCUT2D eigenvalue weighted by molar-refractivity contribution is 0.100. The number of hydrogen-bond donors (Lipinski definition) is 1. The highest BCUT2D eigenvalue weighted by molar-refractivity contribution is 5.85. The highest BCUT2D eigenvalue weighted by atomic mass is 16.3. The fraction of sp³-hybridized carbons (Fsp3) is 0.579. The fourth-order valence-electron chi connectivity index (χ4n) is 3.72. The van der Waals surface area contributed by atoms with Gasteiger partial charge in [0.1, 0.15) is 0 Å². The number of hydrogen-bond acceptors (Lipinski definition) is 2. The van der Waals surface area contributed by atoms with E-state index in [9.17, 15) is 5.11 Å². The Morgan fingerprint density at radius 3 is 2.41 bits per heavy atom. The summed E-state index contributed by atoms with van der Waals surface area (Å²) in [5.74, 6) is 0. The van der Waals surface area contributed by atoms with Gasteiger partial charge in [0.25, 0.3) is 0 Å². The number of β-amino-alcohol motifs (C(OH)–C–C–N with tert-alkyl or cyclic N) is 1. The minimum atomic E-state index is -0.299. The fourth-order valence-corrected chi connectivity index (χ4v) is 3.72. The van der Waals surface area contributed by atoms with Crippen molar-refractivity contribution in [2.24, 2.45) is 0 Å². The molecule has 1 fully saturated rings. The van der Waals surface area contributed by atoms with E-state index in [2.05, 4.69) is 47.6 Å². The molecule has 2 aromatic rings. The number of likely N-dealkylation sites (tertiary alicyclic amines) is 1. The summed E-state index contributed by atoms with van der Waals surface area (Å²) in [6.45, 7) is 8.11. The normalized spacial score (nSPS) is 18.5. The summed E-state index contributed by atoms with van der Waals surface area (Å²) >= 11 is 0. The van der Waals surface area contributed by atoms with Gasteiger partial charge in [-0.05, 0) is 51.4 Å². The van der Waals surface area contributed by atoms with Crippen LogP contribution in [0.4, 0.5) is 0 Å². The first kappa shape index (κ1) is 15.6. The summed E-state index contributed by atoms with van der Waals surface area (Å²) in [6, 6.07) is 8.51. The van der Waals surface area contributed by atoms with E-state index in [1.165, 1.54) is 47.8 Å². The number of rotatable bonds is 4. The van der Waals surface area contributed by atoms with Crippen molar-refractivity contribution in [2.45, 2.75) is 52.2 Å². The number of aliphatic hydroxyl groups excluding tert-OH is 1. The van der Waals surface area contributed by atoms with E-state index in [1.54, 1.807) is 0 Å². The minimum absolute atomic E-state index is 0.299. The Hall–Kier alpha value is -1.32. The van der Waals surface area contributed by atoms with Crippen LogP contribution in [0.2, 0.25) is 0 Å². The first-order chi connectivity index (χ1) is 10.7. The maximum atomic E-state index is 10.6. The molecule has 3 rings (SSSR count). The van der Waals surface area contributed by atoms with Crippen LogP contribution in [0.25, 0.3) is 10.9 Å². The summed E-state index contributed by atoms with van der Waals surface area (Å²) in [5, 5.41) is 11.9. The molecule has 1 saturated heterocycles. The second-order valence-electron chi connectivity index (χ2n) is 6.71. The lowest BCUT2D eigenvalue weighted by Gasteiger charge is -2.24. The van der Waals surface area contributed by atoms with E-state index < -0.39 is 0 Å². The molecule has 1 aliphatic rings. The van der Waals surface area contributed by atoms with Gasteiger partial charge in [0.2, 0.25) is 0 Å². The lowest BCUT2D eigenvalue weighted by atomic mass is 10.2. The van der Waals surface area contributed by atoms with Gasteiger partial charge in [0.15, 0.2) is 0 Å². The van der Waals surface area contributed by atoms with Crippen LogP contribution in [0.5, 0.6) is 0 Å². The van der Waals surface area contributed by atoms with Crippen LogP contribution in [0.1, 0.15) is 36.9 Å². The van der Waals surface area contributed by atoms with Gasteiger partial charge in [-0.25, -0.2) is 0 Å². The smallest absolute Gasteiger partial charge is 0.0845 e. The third-order valence-corrected chi connectivity index (χ3v) is 5.11. The van der Waals surface area contributed by atoms with Crippen LogP contribution in [0.3, 0.4) is 0 Å². The van der Waals surface area contributed by atoms with Gasteiger partial charge >= 0.3 is 0 Å². The molecule has 1 aromatic heterocycles. The standard InChI is InChI=1S/C19H28N2O/c1-15-16(2)21(19-10-6-5-9-18(15)19)14-17(22)13-20-11-7-3-4-8-12-20/h5-6,9-10,17,22H,3-4,7-8,11-14H2,1-2H3/t17-/m0/s1. The van der Waals surface area contributed by atoms with E-state index in [4.69, 9.17) is 0 Å². The van der Waals surface area contributed by atoms with Crippen molar-refractivity contribution >= 4 is 10.9 Å². The number of aromatic nitrogens is 1. The van der Waals surface area contributed by atoms with E-state index in [1.807, 2.05) is 0 Å². The monoisotopic (exact) mass is 300 g/mol. The van der Waals surface area contributed by atoms with Crippen LogP contribution in [-0.4, -0.2) is 40.3 Å². The van der Waals surface area contributed by atoms with Gasteiger partial charge < -0.3 is 14.6 Å². The van der Waals surface area contributed by atoms with Crippen molar-refractivity contribution < 1.29 is 5.11 Å². The zero-order chi connectivity index (χ0) is 15.5. The molecule has 120 valence electrons. The van der Waals surface area contributed by atoms with Crippen LogP contribution in [0.15, 0.2) is 24.3 Å². The Labute approximate surface area is 133 Å². The molecule has 0 saturated carbocycles. The maximum absolute atomic E-state index is 10.6. The largest absolute Gasteiger partial charge is 0.390 e. The third kappa shape index (κ3) is 3.21. The zero-order valence-electron chi connectivity index (χ0n) is 13.9. The first-order valence-electron chi connectivity index (χ1n) is 8.61. The third-order valence-electron chi connectivity index (χ3n) is 5.11. The molecule has 1 aromatic carbocycles. The quantitative estimate of drug-likeness (QED) is 0.936. The van der Waals surface area contributed by atoms with Crippen molar-refractivity contribution in [1.29, 1.82) is 0 Å². The molecule has 1 atom stereocenters. The minimum Gasteiger partial charge on any atom is -0.390 e. The Bertz CT molecular complexity index is 624. The van der Waals surface area contributed by atoms with Gasteiger partial charge in [-0.3, -0.25) is 0 Å². The molecular weight excluding hydrogens is 272 g/mol. The molecule has 0 amide bonds. The summed E-state index contributed by atoms with van der Waals surface area (Å²) in [7, 11) is 0. The molecule has 22 heavy (non-hydrogen) atoms. The molecular formula is C19H28N2O. The average Bonchev–Trinajstić information content (AvgIpc) is 2.72. The Kier molecular flexibility index (Phi) is 4.84. The molecule has 0 bridgehead atoms. The number of para-hydroxylation sites is 1. The van der Waals surface area contributed by atoms with Crippen molar-refractivity contribution in [3.05, 3.63) is 35.5 Å². The predicted octanol–water partition coefficient (Wildman–Crippen LogP) is 3.50. The zero-order valence-corrected chi connectivity index (χ0v) is 13.9. The Balaban J connectivity index is 1.73. The van der Waals surface area contributed by atoms with Crippen LogP contribution < -0.4 is 0 Å². The summed E-state index contributed by atoms with van der Waals surface area (Å²) < 4.78 is 2.28. The number of aliphatic hydroxyl groups is 1. The highest BCUT2D eigenvalue weighted by Gasteiger charge is 2.17. The summed E-state index contributed by atoms with van der Waals surface area (Å²) in [4.78, 5) is 2.44. The topological polar surface area (TPSA) is 28.4 Å².